The molecule has 5 rings (SSSR count). The van der Waals surface area contributed by atoms with Crippen LogP contribution in [-0.2, 0) is 9.47 Å². The van der Waals surface area contributed by atoms with Crippen molar-refractivity contribution in [1.82, 2.24) is 0 Å². The Balaban J connectivity index is 1.55. The monoisotopic (exact) mass is 562 g/mol. The number of ether oxygens (including phenoxy) is 4. The lowest BCUT2D eigenvalue weighted by Gasteiger charge is -2.19. The number of fused-ring (bicyclic) bond motifs is 2. The number of rotatable bonds is 4. The number of carbonyl (C=O) groups excluding carboxylic acids is 2. The summed E-state index contributed by atoms with van der Waals surface area (Å²) in [5.41, 5.74) is 2.87. The van der Waals surface area contributed by atoms with Crippen molar-refractivity contribution in [3.8, 4) is 33.8 Å². The standard InChI is InChI=1S/C36H34O6/c1-35(2,3)41-33(37)39-25-19-15-23(16-20-25)31-27-11-7-9-13-29(27)32(30-14-10-8-12-28(30)31)24-17-21-26(22-18-24)40-34(38)42-36(4,5)6/h7-22H,1-6H3. The summed E-state index contributed by atoms with van der Waals surface area (Å²) < 4.78 is 21.3. The lowest BCUT2D eigenvalue weighted by Crippen LogP contribution is -2.25. The van der Waals surface area contributed by atoms with Crippen LogP contribution in [0.3, 0.4) is 0 Å². The molecular formula is C36H34O6. The highest BCUT2D eigenvalue weighted by molar-refractivity contribution is 6.21. The predicted octanol–water partition coefficient (Wildman–Crippen LogP) is 9.95. The Kier molecular flexibility index (Phi) is 7.65. The molecule has 6 nitrogen and oxygen atoms in total. The fourth-order valence-corrected chi connectivity index (χ4v) is 4.86. The Morgan fingerprint density at radius 2 is 0.738 bits per heavy atom. The molecule has 0 unspecified atom stereocenters. The molecule has 0 fully saturated rings. The summed E-state index contributed by atoms with van der Waals surface area (Å²) in [5, 5.41) is 4.34. The average Bonchev–Trinajstić information content (AvgIpc) is 2.91. The van der Waals surface area contributed by atoms with Gasteiger partial charge in [-0.05, 0) is 110 Å². The molecule has 0 amide bonds. The maximum Gasteiger partial charge on any atom is 0.514 e. The molecule has 0 radical (unpaired) electrons. The first kappa shape index (κ1) is 28.7. The summed E-state index contributed by atoms with van der Waals surface area (Å²) in [5.74, 6) is 0.818. The summed E-state index contributed by atoms with van der Waals surface area (Å²) in [7, 11) is 0. The lowest BCUT2D eigenvalue weighted by molar-refractivity contribution is 0.0193. The van der Waals surface area contributed by atoms with Crippen LogP contribution in [0.2, 0.25) is 0 Å². The van der Waals surface area contributed by atoms with Gasteiger partial charge in [0.1, 0.15) is 22.7 Å². The predicted molar refractivity (Wildman–Crippen MR) is 166 cm³/mol. The smallest absolute Gasteiger partial charge is 0.428 e. The van der Waals surface area contributed by atoms with Crippen LogP contribution in [0.5, 0.6) is 11.5 Å². The summed E-state index contributed by atoms with van der Waals surface area (Å²) in [6.45, 7) is 10.8. The van der Waals surface area contributed by atoms with E-state index in [1.54, 1.807) is 65.8 Å². The van der Waals surface area contributed by atoms with E-state index in [2.05, 4.69) is 24.3 Å². The minimum absolute atomic E-state index is 0.409. The fraction of sp³-hybridized carbons (Fsp3) is 0.222. The van der Waals surface area contributed by atoms with Gasteiger partial charge in [0.2, 0.25) is 0 Å². The molecule has 0 aliphatic carbocycles. The summed E-state index contributed by atoms with van der Waals surface area (Å²) >= 11 is 0. The fourth-order valence-electron chi connectivity index (χ4n) is 4.86. The van der Waals surface area contributed by atoms with E-state index in [-0.39, 0.29) is 0 Å². The first-order chi connectivity index (χ1) is 19.9. The van der Waals surface area contributed by atoms with E-state index >= 15 is 0 Å². The van der Waals surface area contributed by atoms with E-state index in [1.807, 2.05) is 48.5 Å². The molecule has 42 heavy (non-hydrogen) atoms. The van der Waals surface area contributed by atoms with Crippen molar-refractivity contribution in [2.45, 2.75) is 52.7 Å². The minimum Gasteiger partial charge on any atom is -0.428 e. The number of benzene rings is 5. The second-order valence-corrected chi connectivity index (χ2v) is 12.0. The van der Waals surface area contributed by atoms with Crippen LogP contribution in [0, 0.1) is 0 Å². The second kappa shape index (κ2) is 11.2. The van der Waals surface area contributed by atoms with Crippen molar-refractivity contribution >= 4 is 33.9 Å². The average molecular weight is 563 g/mol. The van der Waals surface area contributed by atoms with E-state index in [1.165, 1.54) is 0 Å². The van der Waals surface area contributed by atoms with Crippen LogP contribution in [0.1, 0.15) is 41.5 Å². The SMILES string of the molecule is CC(C)(C)OC(=O)Oc1ccc(-c2c3ccccc3c(-c3ccc(OC(=O)OC(C)(C)C)cc3)c3ccccc23)cc1. The van der Waals surface area contributed by atoms with Crippen molar-refractivity contribution in [3.05, 3.63) is 97.1 Å². The highest BCUT2D eigenvalue weighted by Crippen LogP contribution is 2.44. The molecule has 214 valence electrons. The van der Waals surface area contributed by atoms with Crippen molar-refractivity contribution in [3.63, 3.8) is 0 Å². The highest BCUT2D eigenvalue weighted by atomic mass is 16.7. The van der Waals surface area contributed by atoms with E-state index < -0.39 is 23.5 Å². The Labute approximate surface area is 245 Å². The van der Waals surface area contributed by atoms with Gasteiger partial charge in [-0.25, -0.2) is 9.59 Å². The van der Waals surface area contributed by atoms with Gasteiger partial charge in [0.25, 0.3) is 0 Å². The zero-order chi connectivity index (χ0) is 30.1. The van der Waals surface area contributed by atoms with Crippen LogP contribution >= 0.6 is 0 Å². The zero-order valence-corrected chi connectivity index (χ0v) is 24.7. The highest BCUT2D eigenvalue weighted by Gasteiger charge is 2.20. The van der Waals surface area contributed by atoms with Gasteiger partial charge in [-0.1, -0.05) is 72.8 Å². The second-order valence-electron chi connectivity index (χ2n) is 12.0. The Morgan fingerprint density at radius 3 is 1.00 bits per heavy atom. The Hall–Kier alpha value is -4.84. The Bertz CT molecular complexity index is 1570. The van der Waals surface area contributed by atoms with Crippen LogP contribution in [-0.4, -0.2) is 23.5 Å². The van der Waals surface area contributed by atoms with Gasteiger partial charge < -0.3 is 18.9 Å². The largest absolute Gasteiger partial charge is 0.514 e. The molecule has 6 heteroatoms. The topological polar surface area (TPSA) is 71.1 Å². The maximum absolute atomic E-state index is 12.2. The van der Waals surface area contributed by atoms with E-state index in [0.717, 1.165) is 43.8 Å². The van der Waals surface area contributed by atoms with Gasteiger partial charge >= 0.3 is 12.3 Å². The normalized spacial score (nSPS) is 11.8. The first-order valence-electron chi connectivity index (χ1n) is 13.8. The number of hydrogen-bond donors (Lipinski definition) is 0. The molecule has 0 N–H and O–H groups in total. The van der Waals surface area contributed by atoms with Gasteiger partial charge in [-0.3, -0.25) is 0 Å². The van der Waals surface area contributed by atoms with Crippen molar-refractivity contribution in [1.29, 1.82) is 0 Å². The molecule has 0 aromatic heterocycles. The van der Waals surface area contributed by atoms with Crippen LogP contribution in [0.4, 0.5) is 9.59 Å². The van der Waals surface area contributed by atoms with Gasteiger partial charge in [0.15, 0.2) is 0 Å². The molecule has 0 atom stereocenters. The van der Waals surface area contributed by atoms with E-state index in [9.17, 15) is 9.59 Å². The molecule has 0 heterocycles. The summed E-state index contributed by atoms with van der Waals surface area (Å²) in [6.07, 6.45) is -1.48. The molecular weight excluding hydrogens is 528 g/mol. The van der Waals surface area contributed by atoms with Crippen molar-refractivity contribution < 1.29 is 28.5 Å². The molecule has 0 saturated heterocycles. The third-order valence-electron chi connectivity index (χ3n) is 6.40. The quantitative estimate of drug-likeness (QED) is 0.123. The zero-order valence-electron chi connectivity index (χ0n) is 24.7. The van der Waals surface area contributed by atoms with Crippen LogP contribution in [0.15, 0.2) is 97.1 Å². The molecule has 5 aromatic carbocycles. The third-order valence-corrected chi connectivity index (χ3v) is 6.40. The lowest BCUT2D eigenvalue weighted by atomic mass is 9.86. The third kappa shape index (κ3) is 6.55. The number of carbonyl (C=O) groups is 2. The van der Waals surface area contributed by atoms with E-state index in [0.29, 0.717) is 11.5 Å². The number of hydrogen-bond acceptors (Lipinski definition) is 6. The first-order valence-corrected chi connectivity index (χ1v) is 13.8. The van der Waals surface area contributed by atoms with Crippen molar-refractivity contribution in [2.24, 2.45) is 0 Å². The van der Waals surface area contributed by atoms with Gasteiger partial charge in [0.05, 0.1) is 0 Å². The van der Waals surface area contributed by atoms with Crippen LogP contribution in [0.25, 0.3) is 43.8 Å². The van der Waals surface area contributed by atoms with Crippen molar-refractivity contribution in [2.75, 3.05) is 0 Å². The van der Waals surface area contributed by atoms with E-state index in [4.69, 9.17) is 18.9 Å². The van der Waals surface area contributed by atoms with Gasteiger partial charge in [-0.15, -0.1) is 0 Å². The molecule has 0 aliphatic rings. The molecule has 0 bridgehead atoms. The minimum atomic E-state index is -0.738. The Morgan fingerprint density at radius 1 is 0.452 bits per heavy atom. The molecule has 5 aromatic rings. The molecule has 0 aliphatic heterocycles. The van der Waals surface area contributed by atoms with Crippen LogP contribution < -0.4 is 9.47 Å². The van der Waals surface area contributed by atoms with Gasteiger partial charge in [0, 0.05) is 0 Å². The summed E-state index contributed by atoms with van der Waals surface area (Å²) in [4.78, 5) is 24.3. The molecule has 0 saturated carbocycles. The molecule has 0 spiro atoms. The summed E-state index contributed by atoms with van der Waals surface area (Å²) in [6, 6.07) is 31.5. The van der Waals surface area contributed by atoms with Gasteiger partial charge in [-0.2, -0.15) is 0 Å². The maximum atomic E-state index is 12.2.